The van der Waals surface area contributed by atoms with Crippen LogP contribution >= 0.6 is 0 Å². The minimum absolute atomic E-state index is 0.0340. The lowest BCUT2D eigenvalue weighted by molar-refractivity contribution is 0.0630. The van der Waals surface area contributed by atoms with Crippen LogP contribution in [-0.4, -0.2) is 45.6 Å². The van der Waals surface area contributed by atoms with Crippen molar-refractivity contribution < 1.29 is 34.4 Å². The van der Waals surface area contributed by atoms with Crippen LogP contribution in [0.5, 0.6) is 0 Å². The van der Waals surface area contributed by atoms with Gasteiger partial charge in [-0.25, -0.2) is 9.59 Å². The predicted octanol–water partition coefficient (Wildman–Crippen LogP) is -0.254. The number of hydrogen-bond donors (Lipinski definition) is 4. The highest BCUT2D eigenvalue weighted by Gasteiger charge is 2.27. The Bertz CT molecular complexity index is 394. The average Bonchev–Trinajstić information content (AvgIpc) is 2.59. The lowest BCUT2D eigenvalue weighted by Gasteiger charge is -2.00. The smallest absolute Gasteiger partial charge is 0.372 e. The molecule has 7 heteroatoms. The van der Waals surface area contributed by atoms with Crippen molar-refractivity contribution in [1.82, 2.24) is 0 Å². The molecular formula is C10H12O7. The molecule has 0 aliphatic carbocycles. The monoisotopic (exact) mass is 244 g/mol. The van der Waals surface area contributed by atoms with Crippen LogP contribution in [0.2, 0.25) is 0 Å². The van der Waals surface area contributed by atoms with E-state index in [1.165, 1.54) is 0 Å². The fraction of sp³-hybridized carbons (Fsp3) is 0.400. The summed E-state index contributed by atoms with van der Waals surface area (Å²) in [5.74, 6) is -3.81. The minimum atomic E-state index is -1.40. The number of carbonyl (C=O) groups is 2. The summed E-state index contributed by atoms with van der Waals surface area (Å²) in [5, 5.41) is 35.3. The van der Waals surface area contributed by atoms with Gasteiger partial charge in [0, 0.05) is 24.3 Å². The maximum absolute atomic E-state index is 10.9. The third kappa shape index (κ3) is 2.63. The van der Waals surface area contributed by atoms with E-state index in [-0.39, 0.29) is 37.2 Å². The van der Waals surface area contributed by atoms with Gasteiger partial charge in [-0.05, 0) is 12.8 Å². The molecule has 0 amide bonds. The van der Waals surface area contributed by atoms with Crippen molar-refractivity contribution in [3.63, 3.8) is 0 Å². The van der Waals surface area contributed by atoms with Gasteiger partial charge in [-0.1, -0.05) is 0 Å². The first kappa shape index (κ1) is 13.2. The summed E-state index contributed by atoms with van der Waals surface area (Å²) in [6.45, 7) is -0.672. The fourth-order valence-electron chi connectivity index (χ4n) is 1.60. The zero-order valence-electron chi connectivity index (χ0n) is 8.84. The van der Waals surface area contributed by atoms with Crippen LogP contribution in [0.25, 0.3) is 0 Å². The molecule has 0 unspecified atom stereocenters. The van der Waals surface area contributed by atoms with Gasteiger partial charge in [0.05, 0.1) is 0 Å². The van der Waals surface area contributed by atoms with E-state index in [2.05, 4.69) is 0 Å². The topological polar surface area (TPSA) is 128 Å². The molecule has 17 heavy (non-hydrogen) atoms. The number of aliphatic hydroxyl groups excluding tert-OH is 2. The normalized spacial score (nSPS) is 10.5. The summed E-state index contributed by atoms with van der Waals surface area (Å²) < 4.78 is 4.75. The highest BCUT2D eigenvalue weighted by Crippen LogP contribution is 2.24. The highest BCUT2D eigenvalue weighted by molar-refractivity contribution is 5.92. The summed E-state index contributed by atoms with van der Waals surface area (Å²) in [6.07, 6.45) is -0.0680. The van der Waals surface area contributed by atoms with Gasteiger partial charge in [-0.3, -0.25) is 0 Å². The Kier molecular flexibility index (Phi) is 4.24. The van der Waals surface area contributed by atoms with E-state index in [9.17, 15) is 9.59 Å². The van der Waals surface area contributed by atoms with Crippen molar-refractivity contribution >= 4 is 11.9 Å². The van der Waals surface area contributed by atoms with Crippen LogP contribution in [0.15, 0.2) is 4.42 Å². The van der Waals surface area contributed by atoms with Gasteiger partial charge in [-0.2, -0.15) is 0 Å². The Hall–Kier alpha value is -1.86. The summed E-state index contributed by atoms with van der Waals surface area (Å²) in [5.41, 5.74) is 0.234. The average molecular weight is 244 g/mol. The Morgan fingerprint density at radius 3 is 1.47 bits per heavy atom. The summed E-state index contributed by atoms with van der Waals surface area (Å²) in [7, 11) is 0. The van der Waals surface area contributed by atoms with E-state index in [1.54, 1.807) is 0 Å². The molecule has 0 aromatic carbocycles. The molecule has 1 aromatic rings. The van der Waals surface area contributed by atoms with E-state index >= 15 is 0 Å². The van der Waals surface area contributed by atoms with Crippen molar-refractivity contribution in [2.75, 3.05) is 13.2 Å². The van der Waals surface area contributed by atoms with Crippen molar-refractivity contribution in [2.45, 2.75) is 12.8 Å². The molecule has 0 aliphatic heterocycles. The van der Waals surface area contributed by atoms with Gasteiger partial charge in [0.15, 0.2) is 0 Å². The Morgan fingerprint density at radius 1 is 0.882 bits per heavy atom. The largest absolute Gasteiger partial charge is 0.475 e. The molecule has 0 atom stereocenters. The minimum Gasteiger partial charge on any atom is -0.475 e. The van der Waals surface area contributed by atoms with Crippen molar-refractivity contribution in [3.8, 4) is 0 Å². The first-order chi connectivity index (χ1) is 8.02. The van der Waals surface area contributed by atoms with E-state index in [0.717, 1.165) is 0 Å². The molecule has 0 radical (unpaired) electrons. The fourth-order valence-corrected chi connectivity index (χ4v) is 1.60. The quantitative estimate of drug-likeness (QED) is 0.542. The Morgan fingerprint density at radius 2 is 1.24 bits per heavy atom. The van der Waals surface area contributed by atoms with Gasteiger partial charge in [-0.15, -0.1) is 0 Å². The molecule has 0 spiro atoms. The zero-order chi connectivity index (χ0) is 13.0. The van der Waals surface area contributed by atoms with Crippen LogP contribution in [0.4, 0.5) is 0 Å². The van der Waals surface area contributed by atoms with Gasteiger partial charge in [0.1, 0.15) is 0 Å². The zero-order valence-corrected chi connectivity index (χ0v) is 8.84. The Labute approximate surface area is 95.9 Å². The molecular weight excluding hydrogens is 232 g/mol. The Balaban J connectivity index is 3.37. The lowest BCUT2D eigenvalue weighted by atomic mass is 10.0. The van der Waals surface area contributed by atoms with Crippen molar-refractivity contribution in [2.24, 2.45) is 0 Å². The first-order valence-electron chi connectivity index (χ1n) is 4.85. The van der Waals surface area contributed by atoms with Crippen LogP contribution in [0.1, 0.15) is 32.2 Å². The SMILES string of the molecule is O=C(O)c1oc(C(=O)O)c(CCO)c1CCO. The van der Waals surface area contributed by atoms with Crippen molar-refractivity contribution in [1.29, 1.82) is 0 Å². The summed E-state index contributed by atoms with van der Waals surface area (Å²) in [4.78, 5) is 21.7. The number of furan rings is 1. The number of hydrogen-bond acceptors (Lipinski definition) is 5. The van der Waals surface area contributed by atoms with E-state index in [1.807, 2.05) is 0 Å². The van der Waals surface area contributed by atoms with Crippen LogP contribution < -0.4 is 0 Å². The molecule has 0 aliphatic rings. The predicted molar refractivity (Wildman–Crippen MR) is 54.2 cm³/mol. The number of carboxylic acid groups (broad SMARTS) is 2. The van der Waals surface area contributed by atoms with Gasteiger partial charge < -0.3 is 24.8 Å². The summed E-state index contributed by atoms with van der Waals surface area (Å²) >= 11 is 0. The maximum atomic E-state index is 10.9. The molecule has 4 N–H and O–H groups in total. The molecule has 0 fully saturated rings. The van der Waals surface area contributed by atoms with E-state index in [0.29, 0.717) is 0 Å². The molecule has 7 nitrogen and oxygen atoms in total. The van der Waals surface area contributed by atoms with Crippen molar-refractivity contribution in [3.05, 3.63) is 22.6 Å². The number of rotatable bonds is 6. The molecule has 0 saturated heterocycles. The molecule has 1 aromatic heterocycles. The highest BCUT2D eigenvalue weighted by atomic mass is 16.4. The second-order valence-corrected chi connectivity index (χ2v) is 3.27. The summed E-state index contributed by atoms with van der Waals surface area (Å²) in [6, 6.07) is 0. The third-order valence-electron chi connectivity index (χ3n) is 2.23. The first-order valence-corrected chi connectivity index (χ1v) is 4.85. The van der Waals surface area contributed by atoms with E-state index in [4.69, 9.17) is 24.8 Å². The van der Waals surface area contributed by atoms with Crippen LogP contribution in [-0.2, 0) is 12.8 Å². The van der Waals surface area contributed by atoms with E-state index < -0.39 is 23.5 Å². The third-order valence-corrected chi connectivity index (χ3v) is 2.23. The number of aromatic carboxylic acids is 2. The van der Waals surface area contributed by atoms with Gasteiger partial charge in [0.25, 0.3) is 0 Å². The standard InChI is InChI=1S/C10H12O7/c11-3-1-5-6(2-4-12)8(10(15)16)17-7(5)9(13)14/h11-12H,1-4H2,(H,13,14)(H,15,16). The van der Waals surface area contributed by atoms with Crippen LogP contribution in [0.3, 0.4) is 0 Å². The van der Waals surface area contributed by atoms with Crippen LogP contribution in [0, 0.1) is 0 Å². The number of carboxylic acids is 2. The molecule has 0 saturated carbocycles. The maximum Gasteiger partial charge on any atom is 0.372 e. The number of aliphatic hydroxyl groups is 2. The lowest BCUT2D eigenvalue weighted by Crippen LogP contribution is -2.06. The molecule has 0 bridgehead atoms. The molecule has 94 valence electrons. The molecule has 1 rings (SSSR count). The second-order valence-electron chi connectivity index (χ2n) is 3.27. The van der Waals surface area contributed by atoms with Gasteiger partial charge in [0.2, 0.25) is 11.5 Å². The second kappa shape index (κ2) is 5.46. The molecule has 1 heterocycles. The van der Waals surface area contributed by atoms with Gasteiger partial charge >= 0.3 is 11.9 Å².